The topological polar surface area (TPSA) is 128 Å². The second-order valence-corrected chi connectivity index (χ2v) is 8.33. The normalized spacial score (nSPS) is 10.7. The van der Waals surface area contributed by atoms with E-state index in [-0.39, 0.29) is 17.6 Å². The van der Waals surface area contributed by atoms with Crippen molar-refractivity contribution in [3.8, 4) is 0 Å². The molecule has 2 heterocycles. The van der Waals surface area contributed by atoms with Crippen LogP contribution in [0.3, 0.4) is 0 Å². The molecule has 2 N–H and O–H groups in total. The number of nitrogens with one attached hydrogen (secondary N) is 2. The number of ether oxygens (including phenoxy) is 1. The van der Waals surface area contributed by atoms with Crippen LogP contribution in [0, 0.1) is 0 Å². The Morgan fingerprint density at radius 2 is 1.71 bits per heavy atom. The van der Waals surface area contributed by atoms with Crippen LogP contribution < -0.4 is 10.6 Å². The molecule has 0 spiro atoms. The Morgan fingerprint density at radius 1 is 0.943 bits per heavy atom. The van der Waals surface area contributed by atoms with Gasteiger partial charge in [0.15, 0.2) is 11.5 Å². The molecule has 4 aromatic rings. The van der Waals surface area contributed by atoms with Gasteiger partial charge in [0.25, 0.3) is 5.91 Å². The number of methoxy groups -OCH3 is 1. The van der Waals surface area contributed by atoms with Crippen LogP contribution >= 0.6 is 11.8 Å². The quantitative estimate of drug-likeness (QED) is 0.271. The van der Waals surface area contributed by atoms with Crippen molar-refractivity contribution in [3.05, 3.63) is 83.7 Å². The molecule has 10 nitrogen and oxygen atoms in total. The predicted octanol–water partition coefficient (Wildman–Crippen LogP) is 2.61. The van der Waals surface area contributed by atoms with Gasteiger partial charge in [0.05, 0.1) is 18.4 Å². The number of rotatable bonds is 9. The molecule has 0 saturated heterocycles. The van der Waals surface area contributed by atoms with Crippen LogP contribution in [-0.4, -0.2) is 57.0 Å². The number of benzene rings is 2. The van der Waals surface area contributed by atoms with Gasteiger partial charge in [-0.05, 0) is 48.5 Å². The minimum atomic E-state index is -0.438. The molecule has 0 radical (unpaired) electrons. The van der Waals surface area contributed by atoms with Crippen molar-refractivity contribution in [3.63, 3.8) is 0 Å². The summed E-state index contributed by atoms with van der Waals surface area (Å²) in [5.41, 5.74) is 2.15. The molecule has 2 aromatic carbocycles. The number of esters is 1. The van der Waals surface area contributed by atoms with Gasteiger partial charge < -0.3 is 15.4 Å². The maximum Gasteiger partial charge on any atom is 0.337 e. The van der Waals surface area contributed by atoms with E-state index in [0.29, 0.717) is 46.3 Å². The van der Waals surface area contributed by atoms with Crippen molar-refractivity contribution in [2.24, 2.45) is 0 Å². The number of nitrogens with zero attached hydrogens (tertiary/aromatic N) is 4. The Kier molecular flexibility index (Phi) is 7.68. The second-order valence-electron chi connectivity index (χ2n) is 7.34. The minimum absolute atomic E-state index is 0.141. The van der Waals surface area contributed by atoms with Crippen molar-refractivity contribution in [2.45, 2.75) is 11.4 Å². The van der Waals surface area contributed by atoms with Crippen LogP contribution in [0.25, 0.3) is 5.65 Å². The van der Waals surface area contributed by atoms with E-state index in [0.717, 1.165) is 0 Å². The van der Waals surface area contributed by atoms with Gasteiger partial charge >= 0.3 is 5.97 Å². The van der Waals surface area contributed by atoms with Crippen LogP contribution in [0.2, 0.25) is 0 Å². The molecule has 178 valence electrons. The number of carbonyl (C=O) groups excluding carboxylic acids is 3. The van der Waals surface area contributed by atoms with E-state index in [1.165, 1.54) is 18.9 Å². The summed E-state index contributed by atoms with van der Waals surface area (Å²) in [6.07, 6.45) is 0.447. The van der Waals surface area contributed by atoms with Gasteiger partial charge in [0, 0.05) is 24.2 Å². The highest BCUT2D eigenvalue weighted by atomic mass is 32.2. The van der Waals surface area contributed by atoms with E-state index in [9.17, 15) is 14.4 Å². The van der Waals surface area contributed by atoms with E-state index in [2.05, 4.69) is 30.7 Å². The van der Waals surface area contributed by atoms with Crippen molar-refractivity contribution in [2.75, 3.05) is 24.7 Å². The molecule has 0 saturated carbocycles. The summed E-state index contributed by atoms with van der Waals surface area (Å²) in [4.78, 5) is 36.0. The molecule has 2 aromatic heterocycles. The van der Waals surface area contributed by atoms with E-state index in [1.807, 2.05) is 18.2 Å². The zero-order chi connectivity index (χ0) is 24.6. The first-order chi connectivity index (χ1) is 17.0. The van der Waals surface area contributed by atoms with E-state index in [4.69, 9.17) is 0 Å². The van der Waals surface area contributed by atoms with Crippen LogP contribution in [0.15, 0.2) is 71.8 Å². The first-order valence-corrected chi connectivity index (χ1v) is 11.7. The molecule has 0 fully saturated rings. The van der Waals surface area contributed by atoms with Gasteiger partial charge in [-0.1, -0.05) is 30.0 Å². The molecule has 0 aliphatic rings. The van der Waals surface area contributed by atoms with Crippen molar-refractivity contribution >= 4 is 40.9 Å². The molecule has 0 unspecified atom stereocenters. The Hall–Kier alpha value is -4.25. The Morgan fingerprint density at radius 3 is 2.46 bits per heavy atom. The summed E-state index contributed by atoms with van der Waals surface area (Å²) in [6, 6.07) is 19.0. The highest BCUT2D eigenvalue weighted by Crippen LogP contribution is 2.17. The lowest BCUT2D eigenvalue weighted by molar-refractivity contribution is -0.113. The van der Waals surface area contributed by atoms with Crippen molar-refractivity contribution in [1.82, 2.24) is 25.1 Å². The Balaban J connectivity index is 1.31. The van der Waals surface area contributed by atoms with Gasteiger partial charge in [-0.2, -0.15) is 9.61 Å². The average molecular weight is 491 g/mol. The van der Waals surface area contributed by atoms with Crippen molar-refractivity contribution in [1.29, 1.82) is 0 Å². The van der Waals surface area contributed by atoms with Gasteiger partial charge in [0.2, 0.25) is 5.91 Å². The number of thioether (sulfide) groups is 1. The van der Waals surface area contributed by atoms with E-state index >= 15 is 0 Å². The fourth-order valence-corrected chi connectivity index (χ4v) is 3.83. The number of amides is 2. The fourth-order valence-electron chi connectivity index (χ4n) is 3.17. The maximum atomic E-state index is 12.3. The summed E-state index contributed by atoms with van der Waals surface area (Å²) in [5.74, 6) is -0.0651. The first kappa shape index (κ1) is 23.9. The minimum Gasteiger partial charge on any atom is -0.465 e. The summed E-state index contributed by atoms with van der Waals surface area (Å²) in [7, 11) is 1.31. The highest BCUT2D eigenvalue weighted by molar-refractivity contribution is 7.99. The number of anilines is 1. The molecule has 11 heteroatoms. The number of aromatic nitrogens is 4. The molecular formula is C24H22N6O4S. The third kappa shape index (κ3) is 6.21. The monoisotopic (exact) mass is 490 g/mol. The molecule has 0 bridgehead atoms. The van der Waals surface area contributed by atoms with Crippen LogP contribution in [-0.2, 0) is 16.0 Å². The van der Waals surface area contributed by atoms with Gasteiger partial charge in [-0.15, -0.1) is 10.2 Å². The smallest absolute Gasteiger partial charge is 0.337 e. The molecule has 0 aliphatic carbocycles. The molecule has 2 amide bonds. The molecule has 0 aliphatic heterocycles. The number of fused-ring (bicyclic) bond motifs is 1. The first-order valence-electron chi connectivity index (χ1n) is 10.7. The Bertz CT molecular complexity index is 1340. The third-order valence-corrected chi connectivity index (χ3v) is 5.83. The summed E-state index contributed by atoms with van der Waals surface area (Å²) < 4.78 is 6.27. The number of hydrogen-bond acceptors (Lipinski definition) is 8. The molecular weight excluding hydrogens is 468 g/mol. The number of hydrogen-bond donors (Lipinski definition) is 2. The van der Waals surface area contributed by atoms with Crippen LogP contribution in [0.4, 0.5) is 5.69 Å². The predicted molar refractivity (Wildman–Crippen MR) is 130 cm³/mol. The second kappa shape index (κ2) is 11.3. The van der Waals surface area contributed by atoms with Crippen LogP contribution in [0.5, 0.6) is 0 Å². The highest BCUT2D eigenvalue weighted by Gasteiger charge is 2.11. The van der Waals surface area contributed by atoms with Crippen molar-refractivity contribution < 1.29 is 19.1 Å². The van der Waals surface area contributed by atoms with E-state index in [1.54, 1.807) is 53.0 Å². The SMILES string of the molecule is COC(=O)c1ccc(NC(=O)CSc2ccc3nnc(CCNC(=O)c4ccccc4)n3n2)cc1. The lowest BCUT2D eigenvalue weighted by Crippen LogP contribution is -2.26. The molecule has 4 rings (SSSR count). The zero-order valence-electron chi connectivity index (χ0n) is 18.8. The summed E-state index contributed by atoms with van der Waals surface area (Å²) >= 11 is 1.27. The van der Waals surface area contributed by atoms with E-state index < -0.39 is 5.97 Å². The van der Waals surface area contributed by atoms with Gasteiger partial charge in [-0.3, -0.25) is 9.59 Å². The summed E-state index contributed by atoms with van der Waals surface area (Å²) in [5, 5.41) is 19.1. The standard InChI is InChI=1S/C24H22N6O4S/c1-34-24(33)17-7-9-18(10-8-17)26-21(31)15-35-22-12-11-19-27-28-20(30(19)29-22)13-14-25-23(32)16-5-3-2-4-6-16/h2-12H,13-15H2,1H3,(H,25,32)(H,26,31). The Labute approximate surface area is 205 Å². The average Bonchev–Trinajstić information content (AvgIpc) is 3.30. The lowest BCUT2D eigenvalue weighted by atomic mass is 10.2. The van der Waals surface area contributed by atoms with Crippen LogP contribution in [0.1, 0.15) is 26.5 Å². The third-order valence-electron chi connectivity index (χ3n) is 4.91. The zero-order valence-corrected chi connectivity index (χ0v) is 19.6. The summed E-state index contributed by atoms with van der Waals surface area (Å²) in [6.45, 7) is 0.380. The van der Waals surface area contributed by atoms with Gasteiger partial charge in [-0.25, -0.2) is 4.79 Å². The molecule has 35 heavy (non-hydrogen) atoms. The fraction of sp³-hybridized carbons (Fsp3) is 0.167. The largest absolute Gasteiger partial charge is 0.465 e. The van der Waals surface area contributed by atoms with Gasteiger partial charge in [0.1, 0.15) is 5.03 Å². The maximum absolute atomic E-state index is 12.3. The lowest BCUT2D eigenvalue weighted by Gasteiger charge is -2.07. The number of carbonyl (C=O) groups is 3. The molecule has 0 atom stereocenters.